The van der Waals surface area contributed by atoms with Crippen molar-refractivity contribution in [3.8, 4) is 0 Å². The van der Waals surface area contributed by atoms with Crippen LogP contribution in [-0.4, -0.2) is 16.2 Å². The maximum absolute atomic E-state index is 4.27. The van der Waals surface area contributed by atoms with E-state index in [-0.39, 0.29) is 0 Å². The van der Waals surface area contributed by atoms with E-state index in [0.29, 0.717) is 0 Å². The monoisotopic (exact) mass is 189 g/mol. The maximum Gasteiger partial charge on any atom is 0.205 e. The molecule has 0 radical (unpaired) electrons. The third-order valence-electron chi connectivity index (χ3n) is 2.71. The number of nitrogens with zero attached hydrogens (tertiary/aromatic N) is 3. The van der Waals surface area contributed by atoms with E-state index in [9.17, 15) is 0 Å². The van der Waals surface area contributed by atoms with Gasteiger partial charge in [-0.25, -0.2) is 0 Å². The summed E-state index contributed by atoms with van der Waals surface area (Å²) < 4.78 is 4.24. The Kier molecular flexibility index (Phi) is 1.95. The number of imidazole rings is 1. The molecule has 2 aromatic rings. The van der Waals surface area contributed by atoms with Gasteiger partial charge in [0.25, 0.3) is 0 Å². The quantitative estimate of drug-likeness (QED) is 0.597. The summed E-state index contributed by atoms with van der Waals surface area (Å²) in [5.74, 6) is 0. The number of hydrogen-bond acceptors (Lipinski definition) is 1. The summed E-state index contributed by atoms with van der Waals surface area (Å²) in [7, 11) is 5.92. The highest BCUT2D eigenvalue weighted by atomic mass is 15.2. The second-order valence-electron chi connectivity index (χ2n) is 3.58. The number of aryl methyl sites for hydroxylation is 3. The lowest BCUT2D eigenvalue weighted by Gasteiger charge is -1.98. The second-order valence-corrected chi connectivity index (χ2v) is 3.58. The van der Waals surface area contributed by atoms with E-state index in [0.717, 1.165) is 5.62 Å². The van der Waals surface area contributed by atoms with Crippen LogP contribution in [0.1, 0.15) is 5.56 Å². The zero-order chi connectivity index (χ0) is 10.3. The van der Waals surface area contributed by atoms with Crippen molar-refractivity contribution < 1.29 is 0 Å². The van der Waals surface area contributed by atoms with E-state index in [4.69, 9.17) is 0 Å². The fraction of sp³-hybridized carbons (Fsp3) is 0.364. The van der Waals surface area contributed by atoms with Crippen LogP contribution in [0.25, 0.3) is 11.0 Å². The van der Waals surface area contributed by atoms with E-state index in [2.05, 4.69) is 46.3 Å². The SMILES string of the molecule is CN=c1n(C)c2cccc(C)c2n1C. The first-order valence-corrected chi connectivity index (χ1v) is 4.70. The summed E-state index contributed by atoms with van der Waals surface area (Å²) >= 11 is 0. The topological polar surface area (TPSA) is 22.2 Å². The third-order valence-corrected chi connectivity index (χ3v) is 2.71. The van der Waals surface area contributed by atoms with Gasteiger partial charge in [-0.3, -0.25) is 4.99 Å². The predicted octanol–water partition coefficient (Wildman–Crippen LogP) is 1.36. The van der Waals surface area contributed by atoms with Gasteiger partial charge in [-0.1, -0.05) is 12.1 Å². The summed E-state index contributed by atoms with van der Waals surface area (Å²) in [6.45, 7) is 2.13. The third kappa shape index (κ3) is 1.02. The van der Waals surface area contributed by atoms with Gasteiger partial charge in [0.2, 0.25) is 5.62 Å². The summed E-state index contributed by atoms with van der Waals surface area (Å²) in [4.78, 5) is 4.27. The zero-order valence-corrected chi connectivity index (χ0v) is 9.07. The van der Waals surface area contributed by atoms with Crippen molar-refractivity contribution >= 4 is 11.0 Å². The van der Waals surface area contributed by atoms with Gasteiger partial charge in [-0.05, 0) is 18.6 Å². The molecule has 0 N–H and O–H groups in total. The highest BCUT2D eigenvalue weighted by Crippen LogP contribution is 2.15. The van der Waals surface area contributed by atoms with Crippen molar-refractivity contribution in [2.75, 3.05) is 7.05 Å². The summed E-state index contributed by atoms with van der Waals surface area (Å²) in [5, 5.41) is 0. The molecule has 0 saturated heterocycles. The van der Waals surface area contributed by atoms with Crippen molar-refractivity contribution in [3.63, 3.8) is 0 Å². The fourth-order valence-electron chi connectivity index (χ4n) is 2.08. The molecule has 14 heavy (non-hydrogen) atoms. The Bertz CT molecular complexity index is 543. The van der Waals surface area contributed by atoms with Crippen LogP contribution in [0.5, 0.6) is 0 Å². The number of aromatic nitrogens is 2. The Morgan fingerprint density at radius 2 is 1.86 bits per heavy atom. The first-order valence-electron chi connectivity index (χ1n) is 4.70. The van der Waals surface area contributed by atoms with Gasteiger partial charge >= 0.3 is 0 Å². The molecule has 1 heterocycles. The lowest BCUT2D eigenvalue weighted by molar-refractivity contribution is 0.755. The molecular formula is C11H15N3. The van der Waals surface area contributed by atoms with Gasteiger partial charge in [0.1, 0.15) is 0 Å². The Hall–Kier alpha value is -1.51. The fourth-order valence-corrected chi connectivity index (χ4v) is 2.08. The standard InChI is InChI=1S/C11H15N3/c1-8-6-5-7-9-10(8)14(4)11(12-2)13(9)3/h5-7H,1-4H3. The smallest absolute Gasteiger partial charge is 0.205 e. The molecule has 1 aromatic heterocycles. The van der Waals surface area contributed by atoms with Gasteiger partial charge < -0.3 is 9.13 Å². The number of rotatable bonds is 0. The molecule has 0 spiro atoms. The molecule has 74 valence electrons. The van der Waals surface area contributed by atoms with Crippen molar-refractivity contribution in [3.05, 3.63) is 29.4 Å². The molecule has 1 aromatic carbocycles. The minimum absolute atomic E-state index is 0.995. The molecule has 0 unspecified atom stereocenters. The minimum atomic E-state index is 0.995. The van der Waals surface area contributed by atoms with Gasteiger partial charge in [0, 0.05) is 21.1 Å². The molecule has 0 saturated carbocycles. The second kappa shape index (κ2) is 3.01. The summed E-state index contributed by atoms with van der Waals surface area (Å²) in [5.41, 5.74) is 4.77. The largest absolute Gasteiger partial charge is 0.313 e. The first kappa shape index (κ1) is 9.06. The molecular weight excluding hydrogens is 174 g/mol. The van der Waals surface area contributed by atoms with Crippen LogP contribution in [0.15, 0.2) is 23.2 Å². The van der Waals surface area contributed by atoms with Gasteiger partial charge in [-0.15, -0.1) is 0 Å². The van der Waals surface area contributed by atoms with Crippen LogP contribution in [0, 0.1) is 6.92 Å². The van der Waals surface area contributed by atoms with E-state index in [1.54, 1.807) is 0 Å². The van der Waals surface area contributed by atoms with E-state index < -0.39 is 0 Å². The Morgan fingerprint density at radius 3 is 2.43 bits per heavy atom. The normalized spacial score (nSPS) is 12.7. The van der Waals surface area contributed by atoms with Crippen LogP contribution < -0.4 is 5.62 Å². The number of benzene rings is 1. The first-order chi connectivity index (χ1) is 6.66. The molecule has 0 amide bonds. The number of fused-ring (bicyclic) bond motifs is 1. The van der Waals surface area contributed by atoms with Crippen LogP contribution in [0.2, 0.25) is 0 Å². The van der Waals surface area contributed by atoms with Crippen LogP contribution in [-0.2, 0) is 14.1 Å². The molecule has 3 heteroatoms. The summed E-state index contributed by atoms with van der Waals surface area (Å²) in [6.07, 6.45) is 0. The van der Waals surface area contributed by atoms with Crippen molar-refractivity contribution in [1.29, 1.82) is 0 Å². The molecule has 0 aliphatic rings. The molecule has 0 bridgehead atoms. The number of hydrogen-bond donors (Lipinski definition) is 0. The average Bonchev–Trinajstić information content (AvgIpc) is 2.41. The van der Waals surface area contributed by atoms with Crippen LogP contribution >= 0.6 is 0 Å². The maximum atomic E-state index is 4.27. The van der Waals surface area contributed by atoms with E-state index >= 15 is 0 Å². The molecule has 0 aliphatic carbocycles. The summed E-state index contributed by atoms with van der Waals surface area (Å²) in [6, 6.07) is 6.33. The minimum Gasteiger partial charge on any atom is -0.313 e. The Balaban J connectivity index is 3.10. The average molecular weight is 189 g/mol. The highest BCUT2D eigenvalue weighted by Gasteiger charge is 2.06. The van der Waals surface area contributed by atoms with Crippen LogP contribution in [0.3, 0.4) is 0 Å². The molecule has 3 nitrogen and oxygen atoms in total. The number of para-hydroxylation sites is 1. The highest BCUT2D eigenvalue weighted by molar-refractivity contribution is 5.79. The Morgan fingerprint density at radius 1 is 1.14 bits per heavy atom. The van der Waals surface area contributed by atoms with Crippen molar-refractivity contribution in [2.45, 2.75) is 6.92 Å². The van der Waals surface area contributed by atoms with Gasteiger partial charge in [0.05, 0.1) is 11.0 Å². The molecule has 2 rings (SSSR count). The van der Waals surface area contributed by atoms with E-state index in [1.807, 2.05) is 14.1 Å². The molecule has 0 aliphatic heterocycles. The molecule has 0 fully saturated rings. The predicted molar refractivity (Wildman–Crippen MR) is 58.1 cm³/mol. The Labute approximate surface area is 83.3 Å². The van der Waals surface area contributed by atoms with Crippen molar-refractivity contribution in [2.24, 2.45) is 19.1 Å². The lowest BCUT2D eigenvalue weighted by Crippen LogP contribution is -2.21. The zero-order valence-electron chi connectivity index (χ0n) is 9.07. The van der Waals surface area contributed by atoms with Gasteiger partial charge in [-0.2, -0.15) is 0 Å². The van der Waals surface area contributed by atoms with E-state index in [1.165, 1.54) is 16.6 Å². The van der Waals surface area contributed by atoms with Crippen LogP contribution in [0.4, 0.5) is 0 Å². The molecule has 0 atom stereocenters. The van der Waals surface area contributed by atoms with Gasteiger partial charge in [0.15, 0.2) is 0 Å². The lowest BCUT2D eigenvalue weighted by atomic mass is 10.2. The van der Waals surface area contributed by atoms with Crippen molar-refractivity contribution in [1.82, 2.24) is 9.13 Å².